The van der Waals surface area contributed by atoms with Crippen molar-refractivity contribution in [1.82, 2.24) is 10.2 Å². The van der Waals surface area contributed by atoms with Gasteiger partial charge in [-0.1, -0.05) is 19.1 Å². The Kier molecular flexibility index (Phi) is 6.13. The number of nitrogens with one attached hydrogen (secondary N) is 1. The van der Waals surface area contributed by atoms with E-state index in [0.717, 1.165) is 5.56 Å². The zero-order valence-electron chi connectivity index (χ0n) is 12.4. The number of carbonyl (C=O) groups is 1. The SMILES string of the molecule is CNC(=O)c1cccc(CN(C)CC(C)(CO)CO)c1. The number of benzene rings is 1. The molecule has 0 aliphatic carbocycles. The van der Waals surface area contributed by atoms with E-state index in [4.69, 9.17) is 0 Å². The van der Waals surface area contributed by atoms with Gasteiger partial charge in [0, 0.05) is 31.1 Å². The summed E-state index contributed by atoms with van der Waals surface area (Å²) in [6, 6.07) is 7.43. The van der Waals surface area contributed by atoms with Crippen molar-refractivity contribution in [2.45, 2.75) is 13.5 Å². The zero-order valence-corrected chi connectivity index (χ0v) is 12.4. The van der Waals surface area contributed by atoms with E-state index < -0.39 is 5.41 Å². The minimum absolute atomic E-state index is 0.0634. The van der Waals surface area contributed by atoms with Crippen LogP contribution in [0.4, 0.5) is 0 Å². The Labute approximate surface area is 120 Å². The van der Waals surface area contributed by atoms with E-state index in [-0.39, 0.29) is 19.1 Å². The first kappa shape index (κ1) is 16.6. The van der Waals surface area contributed by atoms with Crippen LogP contribution in [0, 0.1) is 5.41 Å². The number of aliphatic hydroxyl groups is 2. The normalized spacial score (nSPS) is 11.7. The fourth-order valence-electron chi connectivity index (χ4n) is 2.12. The van der Waals surface area contributed by atoms with Crippen LogP contribution in [-0.4, -0.2) is 54.9 Å². The Hall–Kier alpha value is -1.43. The van der Waals surface area contributed by atoms with Gasteiger partial charge in [0.25, 0.3) is 5.91 Å². The van der Waals surface area contributed by atoms with Crippen molar-refractivity contribution < 1.29 is 15.0 Å². The van der Waals surface area contributed by atoms with E-state index in [1.54, 1.807) is 13.1 Å². The van der Waals surface area contributed by atoms with Crippen LogP contribution in [0.5, 0.6) is 0 Å². The Morgan fingerprint density at radius 3 is 2.55 bits per heavy atom. The number of hydrogen-bond acceptors (Lipinski definition) is 4. The molecule has 0 atom stereocenters. The van der Waals surface area contributed by atoms with Crippen LogP contribution >= 0.6 is 0 Å². The van der Waals surface area contributed by atoms with Gasteiger partial charge in [-0.15, -0.1) is 0 Å². The molecule has 0 aromatic heterocycles. The molecule has 112 valence electrons. The topological polar surface area (TPSA) is 72.8 Å². The summed E-state index contributed by atoms with van der Waals surface area (Å²) in [5, 5.41) is 21.2. The van der Waals surface area contributed by atoms with Crippen LogP contribution in [0.15, 0.2) is 24.3 Å². The van der Waals surface area contributed by atoms with E-state index in [0.29, 0.717) is 18.7 Å². The summed E-state index contributed by atoms with van der Waals surface area (Å²) >= 11 is 0. The van der Waals surface area contributed by atoms with Gasteiger partial charge in [0.05, 0.1) is 13.2 Å². The first-order valence-electron chi connectivity index (χ1n) is 6.65. The van der Waals surface area contributed by atoms with Crippen molar-refractivity contribution >= 4 is 5.91 Å². The molecule has 0 saturated carbocycles. The second-order valence-corrected chi connectivity index (χ2v) is 5.58. The largest absolute Gasteiger partial charge is 0.396 e. The Morgan fingerprint density at radius 2 is 2.00 bits per heavy atom. The lowest BCUT2D eigenvalue weighted by molar-refractivity contribution is 0.0402. The first-order chi connectivity index (χ1) is 9.44. The van der Waals surface area contributed by atoms with Gasteiger partial charge in [-0.05, 0) is 24.7 Å². The highest BCUT2D eigenvalue weighted by molar-refractivity contribution is 5.94. The third-order valence-corrected chi connectivity index (χ3v) is 3.28. The fraction of sp³-hybridized carbons (Fsp3) is 0.533. The highest BCUT2D eigenvalue weighted by Crippen LogP contribution is 2.17. The molecule has 1 amide bonds. The molecule has 0 aliphatic heterocycles. The summed E-state index contributed by atoms with van der Waals surface area (Å²) in [7, 11) is 3.53. The van der Waals surface area contributed by atoms with Gasteiger partial charge in [-0.25, -0.2) is 0 Å². The van der Waals surface area contributed by atoms with Crippen molar-refractivity contribution in [1.29, 1.82) is 0 Å². The van der Waals surface area contributed by atoms with E-state index in [1.165, 1.54) is 0 Å². The first-order valence-corrected chi connectivity index (χ1v) is 6.65. The Bertz CT molecular complexity index is 444. The molecule has 20 heavy (non-hydrogen) atoms. The van der Waals surface area contributed by atoms with Gasteiger partial charge in [-0.2, -0.15) is 0 Å². The molecule has 0 saturated heterocycles. The maximum atomic E-state index is 11.6. The molecule has 5 heteroatoms. The van der Waals surface area contributed by atoms with Crippen LogP contribution in [0.1, 0.15) is 22.8 Å². The molecule has 0 bridgehead atoms. The van der Waals surface area contributed by atoms with E-state index in [2.05, 4.69) is 5.32 Å². The number of nitrogens with zero attached hydrogens (tertiary/aromatic N) is 1. The highest BCUT2D eigenvalue weighted by Gasteiger charge is 2.24. The lowest BCUT2D eigenvalue weighted by Crippen LogP contribution is -2.38. The predicted molar refractivity (Wildman–Crippen MR) is 78.4 cm³/mol. The Balaban J connectivity index is 2.71. The van der Waals surface area contributed by atoms with Gasteiger partial charge in [0.15, 0.2) is 0 Å². The lowest BCUT2D eigenvalue weighted by atomic mass is 9.92. The van der Waals surface area contributed by atoms with Crippen molar-refractivity contribution in [3.05, 3.63) is 35.4 Å². The summed E-state index contributed by atoms with van der Waals surface area (Å²) in [5.74, 6) is -0.106. The summed E-state index contributed by atoms with van der Waals surface area (Å²) < 4.78 is 0. The summed E-state index contributed by atoms with van der Waals surface area (Å²) in [4.78, 5) is 13.6. The average molecular weight is 280 g/mol. The Morgan fingerprint density at radius 1 is 1.35 bits per heavy atom. The second kappa shape index (κ2) is 7.38. The molecule has 0 heterocycles. The van der Waals surface area contributed by atoms with E-state index >= 15 is 0 Å². The maximum Gasteiger partial charge on any atom is 0.251 e. The molecule has 1 rings (SSSR count). The number of carbonyl (C=O) groups excluding carboxylic acids is 1. The lowest BCUT2D eigenvalue weighted by Gasteiger charge is -2.30. The summed E-state index contributed by atoms with van der Waals surface area (Å²) in [5.41, 5.74) is 1.13. The van der Waals surface area contributed by atoms with Crippen molar-refractivity contribution in [3.63, 3.8) is 0 Å². The number of rotatable bonds is 7. The summed E-state index contributed by atoms with van der Waals surface area (Å²) in [6.07, 6.45) is 0. The van der Waals surface area contributed by atoms with Gasteiger partial charge in [0.1, 0.15) is 0 Å². The molecule has 0 aliphatic rings. The van der Waals surface area contributed by atoms with E-state index in [9.17, 15) is 15.0 Å². The molecule has 5 nitrogen and oxygen atoms in total. The fourth-order valence-corrected chi connectivity index (χ4v) is 2.12. The van der Waals surface area contributed by atoms with Crippen LogP contribution in [0.25, 0.3) is 0 Å². The number of aliphatic hydroxyl groups excluding tert-OH is 2. The molecule has 0 unspecified atom stereocenters. The third kappa shape index (κ3) is 4.59. The molecular formula is C15H24N2O3. The quantitative estimate of drug-likeness (QED) is 0.679. The van der Waals surface area contributed by atoms with Gasteiger partial charge in [0.2, 0.25) is 0 Å². The molecule has 0 spiro atoms. The molecule has 0 radical (unpaired) electrons. The van der Waals surface area contributed by atoms with Crippen LogP contribution in [-0.2, 0) is 6.54 Å². The monoisotopic (exact) mass is 280 g/mol. The van der Waals surface area contributed by atoms with Crippen LogP contribution in [0.2, 0.25) is 0 Å². The maximum absolute atomic E-state index is 11.6. The van der Waals surface area contributed by atoms with E-state index in [1.807, 2.05) is 37.1 Å². The smallest absolute Gasteiger partial charge is 0.251 e. The average Bonchev–Trinajstić information content (AvgIpc) is 2.46. The van der Waals surface area contributed by atoms with Crippen molar-refractivity contribution in [2.75, 3.05) is 33.9 Å². The molecule has 1 aromatic rings. The second-order valence-electron chi connectivity index (χ2n) is 5.58. The highest BCUT2D eigenvalue weighted by atomic mass is 16.3. The third-order valence-electron chi connectivity index (χ3n) is 3.28. The number of amides is 1. The van der Waals surface area contributed by atoms with Gasteiger partial charge >= 0.3 is 0 Å². The zero-order chi connectivity index (χ0) is 15.2. The van der Waals surface area contributed by atoms with Crippen molar-refractivity contribution in [3.8, 4) is 0 Å². The summed E-state index contributed by atoms with van der Waals surface area (Å²) in [6.45, 7) is 2.94. The molecular weight excluding hydrogens is 256 g/mol. The minimum Gasteiger partial charge on any atom is -0.396 e. The molecule has 1 aromatic carbocycles. The molecule has 3 N–H and O–H groups in total. The minimum atomic E-state index is -0.521. The number of hydrogen-bond donors (Lipinski definition) is 3. The standard InChI is InChI=1S/C15H24N2O3/c1-15(10-18,11-19)9-17(3)8-12-5-4-6-13(7-12)14(20)16-2/h4-7,18-19H,8-11H2,1-3H3,(H,16,20). The van der Waals surface area contributed by atoms with Crippen LogP contribution < -0.4 is 5.32 Å². The predicted octanol–water partition coefficient (Wildman–Crippen LogP) is 0.469. The van der Waals surface area contributed by atoms with Gasteiger partial charge in [-0.3, -0.25) is 4.79 Å². The van der Waals surface area contributed by atoms with Crippen molar-refractivity contribution in [2.24, 2.45) is 5.41 Å². The van der Waals surface area contributed by atoms with Crippen LogP contribution in [0.3, 0.4) is 0 Å². The van der Waals surface area contributed by atoms with Gasteiger partial charge < -0.3 is 20.4 Å². The molecule has 0 fully saturated rings.